The minimum absolute atomic E-state index is 0.282. The largest absolute Gasteiger partial charge is 0.481 e. The van der Waals surface area contributed by atoms with Gasteiger partial charge in [0.2, 0.25) is 0 Å². The number of benzene rings is 1. The highest BCUT2D eigenvalue weighted by atomic mass is 16.4. The molecule has 92 valence electrons. The van der Waals surface area contributed by atoms with E-state index >= 15 is 0 Å². The molecule has 1 fully saturated rings. The molecule has 17 heavy (non-hydrogen) atoms. The third kappa shape index (κ3) is 2.78. The predicted molar refractivity (Wildman–Crippen MR) is 67.8 cm³/mol. The second-order valence-corrected chi connectivity index (χ2v) is 4.88. The van der Waals surface area contributed by atoms with E-state index in [1.165, 1.54) is 6.42 Å². The zero-order chi connectivity index (χ0) is 12.3. The fourth-order valence-electron chi connectivity index (χ4n) is 2.79. The SMILES string of the molecule is Nc1ccc(C(C(=O)O)C2CCCCC2)cc1. The summed E-state index contributed by atoms with van der Waals surface area (Å²) in [6, 6.07) is 7.27. The molecule has 0 aliphatic heterocycles. The molecule has 0 aromatic heterocycles. The normalized spacial score (nSPS) is 18.8. The molecule has 1 aliphatic rings. The van der Waals surface area contributed by atoms with Crippen LogP contribution in [0.1, 0.15) is 43.6 Å². The van der Waals surface area contributed by atoms with Crippen molar-refractivity contribution in [3.63, 3.8) is 0 Å². The molecular formula is C14H19NO2. The number of rotatable bonds is 3. The summed E-state index contributed by atoms with van der Waals surface area (Å²) in [4.78, 5) is 11.5. The molecule has 3 N–H and O–H groups in total. The number of hydrogen-bond acceptors (Lipinski definition) is 2. The summed E-state index contributed by atoms with van der Waals surface area (Å²) in [7, 11) is 0. The smallest absolute Gasteiger partial charge is 0.311 e. The first-order valence-electron chi connectivity index (χ1n) is 6.26. The van der Waals surface area contributed by atoms with Crippen LogP contribution >= 0.6 is 0 Å². The van der Waals surface area contributed by atoms with Crippen molar-refractivity contribution in [2.75, 3.05) is 5.73 Å². The number of hydrogen-bond donors (Lipinski definition) is 2. The van der Waals surface area contributed by atoms with Crippen molar-refractivity contribution >= 4 is 11.7 Å². The average molecular weight is 233 g/mol. The quantitative estimate of drug-likeness (QED) is 0.789. The number of carboxylic acid groups (broad SMARTS) is 1. The maximum atomic E-state index is 11.5. The van der Waals surface area contributed by atoms with Gasteiger partial charge in [0.1, 0.15) is 0 Å². The van der Waals surface area contributed by atoms with Gasteiger partial charge in [-0.3, -0.25) is 4.79 Å². The van der Waals surface area contributed by atoms with E-state index in [0.717, 1.165) is 31.2 Å². The molecule has 1 aliphatic carbocycles. The summed E-state index contributed by atoms with van der Waals surface area (Å²) >= 11 is 0. The Morgan fingerprint density at radius 2 is 1.76 bits per heavy atom. The van der Waals surface area contributed by atoms with Crippen molar-refractivity contribution in [3.05, 3.63) is 29.8 Å². The van der Waals surface area contributed by atoms with Crippen LogP contribution in [0.25, 0.3) is 0 Å². The highest BCUT2D eigenvalue weighted by Gasteiger charge is 2.30. The zero-order valence-electron chi connectivity index (χ0n) is 9.93. The van der Waals surface area contributed by atoms with Crippen LogP contribution < -0.4 is 5.73 Å². The van der Waals surface area contributed by atoms with E-state index in [1.54, 1.807) is 12.1 Å². The molecular weight excluding hydrogens is 214 g/mol. The van der Waals surface area contributed by atoms with Gasteiger partial charge in [-0.2, -0.15) is 0 Å². The lowest BCUT2D eigenvalue weighted by molar-refractivity contribution is -0.140. The van der Waals surface area contributed by atoms with Crippen molar-refractivity contribution in [1.82, 2.24) is 0 Å². The zero-order valence-corrected chi connectivity index (χ0v) is 9.93. The van der Waals surface area contributed by atoms with E-state index < -0.39 is 5.97 Å². The molecule has 3 nitrogen and oxygen atoms in total. The van der Waals surface area contributed by atoms with Gasteiger partial charge < -0.3 is 10.8 Å². The number of aliphatic carboxylic acids is 1. The molecule has 1 aromatic rings. The number of carboxylic acids is 1. The van der Waals surface area contributed by atoms with Crippen molar-refractivity contribution in [3.8, 4) is 0 Å². The lowest BCUT2D eigenvalue weighted by Crippen LogP contribution is -2.23. The first kappa shape index (κ1) is 12.0. The molecule has 2 rings (SSSR count). The van der Waals surface area contributed by atoms with Crippen LogP contribution in [0.2, 0.25) is 0 Å². The molecule has 1 unspecified atom stereocenters. The van der Waals surface area contributed by atoms with Gasteiger partial charge in [0.15, 0.2) is 0 Å². The van der Waals surface area contributed by atoms with Gasteiger partial charge in [0, 0.05) is 5.69 Å². The maximum Gasteiger partial charge on any atom is 0.311 e. The lowest BCUT2D eigenvalue weighted by atomic mass is 9.77. The van der Waals surface area contributed by atoms with Crippen LogP contribution in [0.4, 0.5) is 5.69 Å². The van der Waals surface area contributed by atoms with E-state index in [2.05, 4.69) is 0 Å². The Labute approximate surface area is 102 Å². The Bertz CT molecular complexity index is 380. The van der Waals surface area contributed by atoms with Gasteiger partial charge in [-0.05, 0) is 36.5 Å². The van der Waals surface area contributed by atoms with Gasteiger partial charge in [0.05, 0.1) is 5.92 Å². The van der Waals surface area contributed by atoms with Crippen LogP contribution in [0.5, 0.6) is 0 Å². The topological polar surface area (TPSA) is 63.3 Å². The molecule has 3 heteroatoms. The van der Waals surface area contributed by atoms with Crippen LogP contribution in [0.15, 0.2) is 24.3 Å². The van der Waals surface area contributed by atoms with E-state index in [0.29, 0.717) is 5.69 Å². The fourth-order valence-corrected chi connectivity index (χ4v) is 2.79. The summed E-state index contributed by atoms with van der Waals surface area (Å²) in [6.07, 6.45) is 5.61. The monoisotopic (exact) mass is 233 g/mol. The van der Waals surface area contributed by atoms with Crippen molar-refractivity contribution < 1.29 is 9.90 Å². The lowest BCUT2D eigenvalue weighted by Gasteiger charge is -2.27. The minimum atomic E-state index is -0.707. The second kappa shape index (κ2) is 5.21. The number of nitrogen functional groups attached to an aromatic ring is 1. The first-order valence-corrected chi connectivity index (χ1v) is 6.26. The molecule has 0 heterocycles. The Kier molecular flexibility index (Phi) is 3.67. The van der Waals surface area contributed by atoms with E-state index in [1.807, 2.05) is 12.1 Å². The molecule has 0 amide bonds. The molecule has 0 saturated heterocycles. The predicted octanol–water partition coefficient (Wildman–Crippen LogP) is 3.02. The third-order valence-corrected chi connectivity index (χ3v) is 3.68. The Balaban J connectivity index is 2.21. The number of nitrogens with two attached hydrogens (primary N) is 1. The van der Waals surface area contributed by atoms with Crippen LogP contribution in [0.3, 0.4) is 0 Å². The van der Waals surface area contributed by atoms with Crippen molar-refractivity contribution in [1.29, 1.82) is 0 Å². The van der Waals surface area contributed by atoms with Crippen LogP contribution in [0, 0.1) is 5.92 Å². The second-order valence-electron chi connectivity index (χ2n) is 4.88. The van der Waals surface area contributed by atoms with Crippen molar-refractivity contribution in [2.45, 2.75) is 38.0 Å². The summed E-state index contributed by atoms with van der Waals surface area (Å²) in [6.45, 7) is 0. The maximum absolute atomic E-state index is 11.5. The Morgan fingerprint density at radius 3 is 2.29 bits per heavy atom. The van der Waals surface area contributed by atoms with Crippen molar-refractivity contribution in [2.24, 2.45) is 5.92 Å². The molecule has 0 spiro atoms. The standard InChI is InChI=1S/C14H19NO2/c15-12-8-6-11(7-9-12)13(14(16)17)10-4-2-1-3-5-10/h6-10,13H,1-5,15H2,(H,16,17). The molecule has 1 atom stereocenters. The molecule has 0 radical (unpaired) electrons. The van der Waals surface area contributed by atoms with E-state index in [-0.39, 0.29) is 11.8 Å². The summed E-state index contributed by atoms with van der Waals surface area (Å²) in [5.41, 5.74) is 7.20. The van der Waals surface area contributed by atoms with Gasteiger partial charge in [-0.15, -0.1) is 0 Å². The fraction of sp³-hybridized carbons (Fsp3) is 0.500. The molecule has 0 bridgehead atoms. The van der Waals surface area contributed by atoms with Gasteiger partial charge in [0.25, 0.3) is 0 Å². The average Bonchev–Trinajstić information content (AvgIpc) is 2.33. The third-order valence-electron chi connectivity index (χ3n) is 3.68. The van der Waals surface area contributed by atoms with E-state index in [9.17, 15) is 9.90 Å². The summed E-state index contributed by atoms with van der Waals surface area (Å²) in [5, 5.41) is 9.42. The number of anilines is 1. The highest BCUT2D eigenvalue weighted by Crippen LogP contribution is 2.36. The number of carbonyl (C=O) groups is 1. The Hall–Kier alpha value is -1.51. The Morgan fingerprint density at radius 1 is 1.18 bits per heavy atom. The van der Waals surface area contributed by atoms with Gasteiger partial charge in [-0.25, -0.2) is 0 Å². The first-order chi connectivity index (χ1) is 8.18. The van der Waals surface area contributed by atoms with Crippen LogP contribution in [-0.4, -0.2) is 11.1 Å². The van der Waals surface area contributed by atoms with Gasteiger partial charge in [-0.1, -0.05) is 31.4 Å². The highest BCUT2D eigenvalue weighted by molar-refractivity contribution is 5.76. The molecule has 1 saturated carbocycles. The summed E-state index contributed by atoms with van der Waals surface area (Å²) < 4.78 is 0. The molecule has 1 aromatic carbocycles. The van der Waals surface area contributed by atoms with E-state index in [4.69, 9.17) is 5.73 Å². The van der Waals surface area contributed by atoms with Crippen LogP contribution in [-0.2, 0) is 4.79 Å². The minimum Gasteiger partial charge on any atom is -0.481 e. The van der Waals surface area contributed by atoms with Gasteiger partial charge >= 0.3 is 5.97 Å². The summed E-state index contributed by atoms with van der Waals surface area (Å²) in [5.74, 6) is -0.789.